The Labute approximate surface area is 103 Å². The highest BCUT2D eigenvalue weighted by molar-refractivity contribution is 5.74. The molecular weight excluding hydrogens is 218 g/mol. The van der Waals surface area contributed by atoms with Crippen LogP contribution in [0.4, 0.5) is 0 Å². The number of aliphatic carboxylic acids is 1. The maximum Gasteiger partial charge on any atom is 0.323 e. The van der Waals surface area contributed by atoms with E-state index in [1.54, 1.807) is 11.9 Å². The summed E-state index contributed by atoms with van der Waals surface area (Å²) in [7, 11) is 1.81. The molecule has 0 amide bonds. The standard InChI is InChI=1S/C13H23NO3/c1-6-7-8-9(2)11-10(12(15)16)14(5)13(3,4)17-11/h6-7,9-11H,8H2,1-5H3,(H,15,16)/b7-6+/t9-,10+,11-/m1/s1. The molecule has 17 heavy (non-hydrogen) atoms. The molecule has 0 aromatic heterocycles. The van der Waals surface area contributed by atoms with E-state index in [0.29, 0.717) is 0 Å². The Morgan fingerprint density at radius 3 is 2.65 bits per heavy atom. The van der Waals surface area contributed by atoms with Gasteiger partial charge in [-0.15, -0.1) is 0 Å². The van der Waals surface area contributed by atoms with Gasteiger partial charge in [0.05, 0.1) is 6.10 Å². The van der Waals surface area contributed by atoms with Crippen molar-refractivity contribution < 1.29 is 14.6 Å². The highest BCUT2D eigenvalue weighted by Crippen LogP contribution is 2.35. The van der Waals surface area contributed by atoms with Gasteiger partial charge in [0.2, 0.25) is 0 Å². The molecule has 98 valence electrons. The van der Waals surface area contributed by atoms with E-state index in [1.807, 2.05) is 33.8 Å². The van der Waals surface area contributed by atoms with Crippen LogP contribution in [0.15, 0.2) is 12.2 Å². The van der Waals surface area contributed by atoms with E-state index in [2.05, 4.69) is 6.08 Å². The minimum Gasteiger partial charge on any atom is -0.480 e. The van der Waals surface area contributed by atoms with Crippen molar-refractivity contribution >= 4 is 5.97 Å². The quantitative estimate of drug-likeness (QED) is 0.766. The summed E-state index contributed by atoms with van der Waals surface area (Å²) >= 11 is 0. The van der Waals surface area contributed by atoms with Gasteiger partial charge in [-0.25, -0.2) is 0 Å². The summed E-state index contributed by atoms with van der Waals surface area (Å²) in [6.45, 7) is 7.82. The minimum atomic E-state index is -0.810. The van der Waals surface area contributed by atoms with E-state index in [9.17, 15) is 9.90 Å². The smallest absolute Gasteiger partial charge is 0.323 e. The van der Waals surface area contributed by atoms with Gasteiger partial charge in [0.1, 0.15) is 11.8 Å². The Hall–Kier alpha value is -0.870. The van der Waals surface area contributed by atoms with Crippen LogP contribution in [0, 0.1) is 5.92 Å². The molecule has 0 aromatic rings. The van der Waals surface area contributed by atoms with Crippen molar-refractivity contribution in [3.63, 3.8) is 0 Å². The summed E-state index contributed by atoms with van der Waals surface area (Å²) in [6.07, 6.45) is 4.62. The van der Waals surface area contributed by atoms with Gasteiger partial charge in [0.15, 0.2) is 0 Å². The number of rotatable bonds is 4. The lowest BCUT2D eigenvalue weighted by atomic mass is 9.94. The monoisotopic (exact) mass is 241 g/mol. The van der Waals surface area contributed by atoms with Crippen molar-refractivity contribution in [2.24, 2.45) is 5.92 Å². The Bertz CT molecular complexity index is 312. The number of ether oxygens (including phenoxy) is 1. The van der Waals surface area contributed by atoms with Crippen LogP contribution in [0.2, 0.25) is 0 Å². The van der Waals surface area contributed by atoms with Crippen molar-refractivity contribution in [1.29, 1.82) is 0 Å². The van der Waals surface area contributed by atoms with E-state index in [-0.39, 0.29) is 12.0 Å². The predicted molar refractivity (Wildman–Crippen MR) is 66.7 cm³/mol. The van der Waals surface area contributed by atoms with Crippen molar-refractivity contribution in [1.82, 2.24) is 4.90 Å². The molecule has 0 aromatic carbocycles. The molecule has 4 heteroatoms. The molecule has 4 nitrogen and oxygen atoms in total. The lowest BCUT2D eigenvalue weighted by Gasteiger charge is -2.27. The Balaban J connectivity index is 2.86. The summed E-state index contributed by atoms with van der Waals surface area (Å²) in [5, 5.41) is 9.32. The highest BCUT2D eigenvalue weighted by atomic mass is 16.5. The van der Waals surface area contributed by atoms with Crippen molar-refractivity contribution in [2.75, 3.05) is 7.05 Å². The molecule has 1 aliphatic heterocycles. The molecule has 3 atom stereocenters. The fourth-order valence-corrected chi connectivity index (χ4v) is 2.25. The first kappa shape index (κ1) is 14.2. The zero-order chi connectivity index (χ0) is 13.2. The van der Waals surface area contributed by atoms with E-state index < -0.39 is 17.7 Å². The Kier molecular flexibility index (Phi) is 4.33. The van der Waals surface area contributed by atoms with Crippen LogP contribution in [0.25, 0.3) is 0 Å². The zero-order valence-electron chi connectivity index (χ0n) is 11.3. The first-order chi connectivity index (χ1) is 7.81. The average Bonchev–Trinajstić information content (AvgIpc) is 2.47. The Morgan fingerprint density at radius 2 is 2.18 bits per heavy atom. The van der Waals surface area contributed by atoms with Crippen LogP contribution < -0.4 is 0 Å². The molecule has 1 rings (SSSR count). The second kappa shape index (κ2) is 5.19. The maximum absolute atomic E-state index is 11.3. The van der Waals surface area contributed by atoms with Gasteiger partial charge >= 0.3 is 5.97 Å². The van der Waals surface area contributed by atoms with Crippen LogP contribution in [-0.2, 0) is 9.53 Å². The van der Waals surface area contributed by atoms with Crippen LogP contribution >= 0.6 is 0 Å². The van der Waals surface area contributed by atoms with Crippen molar-refractivity contribution in [3.8, 4) is 0 Å². The fraction of sp³-hybridized carbons (Fsp3) is 0.769. The third-order valence-corrected chi connectivity index (χ3v) is 3.56. The zero-order valence-corrected chi connectivity index (χ0v) is 11.3. The van der Waals surface area contributed by atoms with E-state index in [4.69, 9.17) is 4.74 Å². The second-order valence-electron chi connectivity index (χ2n) is 5.21. The van der Waals surface area contributed by atoms with E-state index in [0.717, 1.165) is 6.42 Å². The largest absolute Gasteiger partial charge is 0.480 e. The maximum atomic E-state index is 11.3. The minimum absolute atomic E-state index is 0.191. The fourth-order valence-electron chi connectivity index (χ4n) is 2.25. The number of likely N-dealkylation sites (N-methyl/N-ethyl adjacent to an activating group) is 1. The normalized spacial score (nSPS) is 30.9. The average molecular weight is 241 g/mol. The molecule has 1 fully saturated rings. The third-order valence-electron chi connectivity index (χ3n) is 3.56. The van der Waals surface area contributed by atoms with Gasteiger partial charge in [-0.05, 0) is 40.2 Å². The predicted octanol–water partition coefficient (Wildman–Crippen LogP) is 2.11. The van der Waals surface area contributed by atoms with Crippen molar-refractivity contribution in [3.05, 3.63) is 12.2 Å². The first-order valence-corrected chi connectivity index (χ1v) is 6.06. The SMILES string of the molecule is C/C=C/C[C@@H](C)[C@H]1OC(C)(C)N(C)[C@@H]1C(=O)O. The number of carboxylic acids is 1. The molecule has 1 saturated heterocycles. The summed E-state index contributed by atoms with van der Waals surface area (Å²) in [6, 6.07) is -0.565. The second-order valence-corrected chi connectivity index (χ2v) is 5.21. The molecule has 0 aliphatic carbocycles. The number of hydrogen-bond acceptors (Lipinski definition) is 3. The molecule has 1 heterocycles. The summed E-state index contributed by atoms with van der Waals surface area (Å²) in [5.41, 5.74) is -0.516. The van der Waals surface area contributed by atoms with Crippen LogP contribution in [0.1, 0.15) is 34.1 Å². The lowest BCUT2D eigenvalue weighted by Crippen LogP contribution is -2.46. The van der Waals surface area contributed by atoms with E-state index in [1.165, 1.54) is 0 Å². The lowest BCUT2D eigenvalue weighted by molar-refractivity contribution is -0.143. The molecule has 0 saturated carbocycles. The number of carboxylic acid groups (broad SMARTS) is 1. The van der Waals surface area contributed by atoms with Crippen LogP contribution in [0.5, 0.6) is 0 Å². The van der Waals surface area contributed by atoms with Crippen LogP contribution in [0.3, 0.4) is 0 Å². The number of carbonyl (C=O) groups is 1. The molecule has 0 bridgehead atoms. The van der Waals surface area contributed by atoms with Crippen LogP contribution in [-0.4, -0.2) is 40.9 Å². The van der Waals surface area contributed by atoms with Gasteiger partial charge in [-0.1, -0.05) is 19.1 Å². The topological polar surface area (TPSA) is 49.8 Å². The molecular formula is C13H23NO3. The number of hydrogen-bond donors (Lipinski definition) is 1. The Morgan fingerprint density at radius 1 is 1.59 bits per heavy atom. The van der Waals surface area contributed by atoms with Gasteiger partial charge in [0, 0.05) is 0 Å². The van der Waals surface area contributed by atoms with Crippen molar-refractivity contribution in [2.45, 2.75) is 52.0 Å². The first-order valence-electron chi connectivity index (χ1n) is 6.06. The molecule has 0 radical (unpaired) electrons. The molecule has 0 spiro atoms. The number of nitrogens with zero attached hydrogens (tertiary/aromatic N) is 1. The van der Waals surface area contributed by atoms with Gasteiger partial charge in [-0.2, -0.15) is 0 Å². The summed E-state index contributed by atoms with van der Waals surface area (Å²) < 4.78 is 5.91. The molecule has 1 aliphatic rings. The summed E-state index contributed by atoms with van der Waals surface area (Å²) in [4.78, 5) is 13.1. The molecule has 1 N–H and O–H groups in total. The highest BCUT2D eigenvalue weighted by Gasteiger charge is 2.50. The summed E-state index contributed by atoms with van der Waals surface area (Å²) in [5.74, 6) is -0.619. The van der Waals surface area contributed by atoms with Gasteiger partial charge in [0.25, 0.3) is 0 Å². The van der Waals surface area contributed by atoms with Gasteiger partial charge < -0.3 is 9.84 Å². The van der Waals surface area contributed by atoms with E-state index >= 15 is 0 Å². The molecule has 0 unspecified atom stereocenters. The van der Waals surface area contributed by atoms with Gasteiger partial charge in [-0.3, -0.25) is 9.69 Å². The third kappa shape index (κ3) is 2.87. The number of allylic oxidation sites excluding steroid dienone is 2.